The maximum Gasteiger partial charge on any atom is 0.413 e. The van der Waals surface area contributed by atoms with Crippen molar-refractivity contribution in [3.63, 3.8) is 0 Å². The molecule has 1 aromatic carbocycles. The van der Waals surface area contributed by atoms with Gasteiger partial charge in [-0.3, -0.25) is 14.6 Å². The highest BCUT2D eigenvalue weighted by molar-refractivity contribution is 6.22. The number of carbonyl (C=O) groups excluding carboxylic acids is 2. The first-order valence-corrected chi connectivity index (χ1v) is 8.68. The Morgan fingerprint density at radius 2 is 1.96 bits per heavy atom. The summed E-state index contributed by atoms with van der Waals surface area (Å²) in [5.74, 6) is 1.34. The molecule has 0 radical (unpaired) electrons. The van der Waals surface area contributed by atoms with Crippen LogP contribution in [0.3, 0.4) is 0 Å². The number of amides is 3. The van der Waals surface area contributed by atoms with Crippen molar-refractivity contribution in [2.24, 2.45) is 10.1 Å². The lowest BCUT2D eigenvalue weighted by Crippen LogP contribution is -2.61. The number of hydrogen-bond donors (Lipinski definition) is 1. The van der Waals surface area contributed by atoms with Crippen molar-refractivity contribution in [1.82, 2.24) is 15.2 Å². The van der Waals surface area contributed by atoms with E-state index in [4.69, 9.17) is 4.74 Å². The number of guanidine groups is 1. The lowest BCUT2D eigenvalue weighted by atomic mass is 10.1. The van der Waals surface area contributed by atoms with Gasteiger partial charge in [0.15, 0.2) is 0 Å². The van der Waals surface area contributed by atoms with Crippen molar-refractivity contribution in [1.29, 1.82) is 0 Å². The summed E-state index contributed by atoms with van der Waals surface area (Å²) < 4.78 is 6.97. The van der Waals surface area contributed by atoms with E-state index in [1.165, 1.54) is 11.9 Å². The van der Waals surface area contributed by atoms with Crippen molar-refractivity contribution in [2.45, 2.75) is 19.4 Å². The van der Waals surface area contributed by atoms with E-state index in [1.807, 2.05) is 35.8 Å². The highest BCUT2D eigenvalue weighted by atomic mass is 16.5. The highest BCUT2D eigenvalue weighted by Gasteiger charge is 2.51. The highest BCUT2D eigenvalue weighted by Crippen LogP contribution is 2.18. The van der Waals surface area contributed by atoms with Crippen LogP contribution in [-0.4, -0.2) is 78.1 Å². The van der Waals surface area contributed by atoms with E-state index < -0.39 is 12.1 Å². The Labute approximate surface area is 157 Å². The van der Waals surface area contributed by atoms with Gasteiger partial charge in [0, 0.05) is 14.1 Å². The Morgan fingerprint density at radius 3 is 2.59 bits per heavy atom. The number of hydrogen-bond acceptors (Lipinski definition) is 6. The maximum atomic E-state index is 12.6. The quantitative estimate of drug-likeness (QED) is 0.469. The first-order valence-electron chi connectivity index (χ1n) is 8.68. The lowest BCUT2D eigenvalue weighted by molar-refractivity contribution is -0.537. The van der Waals surface area contributed by atoms with Gasteiger partial charge in [-0.1, -0.05) is 11.9 Å². The van der Waals surface area contributed by atoms with E-state index in [2.05, 4.69) is 15.5 Å². The third-order valence-electron chi connectivity index (χ3n) is 4.49. The number of nitrogens with one attached hydrogen (secondary N) is 1. The molecule has 3 amide bonds. The second-order valence-electron chi connectivity index (χ2n) is 6.27. The summed E-state index contributed by atoms with van der Waals surface area (Å²) in [5, 5.41) is 4.23. The van der Waals surface area contributed by atoms with Gasteiger partial charge < -0.3 is 4.74 Å². The minimum atomic E-state index is -0.615. The molecular formula is C18H23N6O3+. The van der Waals surface area contributed by atoms with Gasteiger partial charge in [-0.2, -0.15) is 5.43 Å². The third kappa shape index (κ3) is 3.40. The van der Waals surface area contributed by atoms with Crippen LogP contribution in [0.4, 0.5) is 4.79 Å². The second kappa shape index (κ2) is 7.56. The minimum absolute atomic E-state index is 0.291. The molecule has 9 heteroatoms. The molecule has 2 aliphatic heterocycles. The van der Waals surface area contributed by atoms with Gasteiger partial charge in [0.25, 0.3) is 5.91 Å². The summed E-state index contributed by atoms with van der Waals surface area (Å²) in [6, 6.07) is 6.44. The number of urea groups is 1. The number of amidine groups is 1. The van der Waals surface area contributed by atoms with E-state index in [0.717, 1.165) is 22.6 Å². The number of hydrazone groups is 1. The molecule has 142 valence electrons. The zero-order valence-electron chi connectivity index (χ0n) is 15.8. The van der Waals surface area contributed by atoms with E-state index in [-0.39, 0.29) is 5.91 Å². The number of carbonyl (C=O) groups is 2. The van der Waals surface area contributed by atoms with Crippen LogP contribution in [0.1, 0.15) is 18.9 Å². The van der Waals surface area contributed by atoms with E-state index >= 15 is 0 Å². The predicted molar refractivity (Wildman–Crippen MR) is 101 cm³/mol. The van der Waals surface area contributed by atoms with E-state index in [9.17, 15) is 9.59 Å². The predicted octanol–water partition coefficient (Wildman–Crippen LogP) is 0.702. The molecule has 3 rings (SSSR count). The number of methoxy groups -OCH3 is 1. The maximum absolute atomic E-state index is 12.6. The number of aliphatic imine (C=N–C) groups is 1. The average Bonchev–Trinajstić information content (AvgIpc) is 3.04. The number of nitrogens with zero attached hydrogens (tertiary/aromatic N) is 5. The molecule has 2 aliphatic rings. The molecule has 9 nitrogen and oxygen atoms in total. The number of rotatable bonds is 5. The third-order valence-corrected chi connectivity index (χ3v) is 4.49. The molecule has 0 aromatic heterocycles. The van der Waals surface area contributed by atoms with Crippen LogP contribution in [-0.2, 0) is 4.79 Å². The number of ether oxygens (including phenoxy) is 1. The number of benzene rings is 1. The summed E-state index contributed by atoms with van der Waals surface area (Å²) in [4.78, 5) is 31.8. The average molecular weight is 371 g/mol. The van der Waals surface area contributed by atoms with E-state index in [0.29, 0.717) is 18.3 Å². The van der Waals surface area contributed by atoms with Crippen LogP contribution in [0.25, 0.3) is 0 Å². The number of imide groups is 1. The largest absolute Gasteiger partial charge is 0.497 e. The van der Waals surface area contributed by atoms with Crippen molar-refractivity contribution in [2.75, 3.05) is 27.7 Å². The van der Waals surface area contributed by atoms with Gasteiger partial charge in [0.05, 0.1) is 19.9 Å². The summed E-state index contributed by atoms with van der Waals surface area (Å²) >= 11 is 0. The molecule has 27 heavy (non-hydrogen) atoms. The molecular weight excluding hydrogens is 348 g/mol. The topological polar surface area (TPSA) is 89.6 Å². The normalized spacial score (nSPS) is 19.7. The Bertz CT molecular complexity index is 843. The van der Waals surface area contributed by atoms with Gasteiger partial charge in [-0.15, -0.1) is 5.10 Å². The standard InChI is InChI=1S/C18H22N6O3/c1-5-10-24-14-15(22(2)18(26)23(3)16(14)25)20-17(24)21-19-11-12-6-8-13(27-4)9-7-12/h6-9,11,14H,5,10H2,1-4H3/p+1/b19-11+. The van der Waals surface area contributed by atoms with Gasteiger partial charge in [0.2, 0.25) is 11.9 Å². The van der Waals surface area contributed by atoms with Gasteiger partial charge >= 0.3 is 12.0 Å². The molecule has 0 aliphatic carbocycles. The second-order valence-corrected chi connectivity index (χ2v) is 6.27. The van der Waals surface area contributed by atoms with Crippen LogP contribution in [0, 0.1) is 0 Å². The van der Waals surface area contributed by atoms with Gasteiger partial charge in [-0.05, 0) is 36.2 Å². The zero-order valence-corrected chi connectivity index (χ0v) is 15.8. The summed E-state index contributed by atoms with van der Waals surface area (Å²) in [5.41, 5.74) is 3.79. The first-order chi connectivity index (χ1) is 13.0. The van der Waals surface area contributed by atoms with E-state index in [1.54, 1.807) is 20.4 Å². The van der Waals surface area contributed by atoms with Gasteiger partial charge in [0.1, 0.15) is 5.75 Å². The van der Waals surface area contributed by atoms with Crippen LogP contribution < -0.4 is 10.2 Å². The fraction of sp³-hybridized carbons (Fsp3) is 0.389. The smallest absolute Gasteiger partial charge is 0.413 e. The summed E-state index contributed by atoms with van der Waals surface area (Å²) in [7, 11) is 4.71. The molecule has 1 N–H and O–H groups in total. The SMILES string of the molecule is CCC[N+]1=C(N/N=C/c2ccc(OC)cc2)N=C2C1C(=O)N(C)C(=O)N2C. The first kappa shape index (κ1) is 18.6. The molecule has 1 fully saturated rings. The van der Waals surface area contributed by atoms with Crippen LogP contribution in [0.2, 0.25) is 0 Å². The van der Waals surface area contributed by atoms with Crippen molar-refractivity contribution < 1.29 is 18.9 Å². The number of likely N-dealkylation sites (N-methyl/N-ethyl adjacent to an activating group) is 2. The molecule has 1 saturated heterocycles. The molecule has 1 aromatic rings. The van der Waals surface area contributed by atoms with Crippen LogP contribution >= 0.6 is 0 Å². The van der Waals surface area contributed by atoms with Crippen molar-refractivity contribution in [3.05, 3.63) is 29.8 Å². The lowest BCUT2D eigenvalue weighted by Gasteiger charge is -2.31. The Kier molecular flexibility index (Phi) is 5.20. The molecule has 0 spiro atoms. The molecule has 0 saturated carbocycles. The molecule has 2 heterocycles. The Morgan fingerprint density at radius 1 is 1.26 bits per heavy atom. The summed E-state index contributed by atoms with van der Waals surface area (Å²) in [6.07, 6.45) is 2.48. The fourth-order valence-electron chi connectivity index (χ4n) is 3.02. The van der Waals surface area contributed by atoms with Crippen LogP contribution in [0.15, 0.2) is 34.4 Å². The zero-order chi connectivity index (χ0) is 19.6. The monoisotopic (exact) mass is 371 g/mol. The van der Waals surface area contributed by atoms with Crippen molar-refractivity contribution in [3.8, 4) is 5.75 Å². The number of fused-ring (bicyclic) bond motifs is 1. The van der Waals surface area contributed by atoms with Gasteiger partial charge in [-0.25, -0.2) is 9.37 Å². The molecule has 1 atom stereocenters. The fourth-order valence-corrected chi connectivity index (χ4v) is 3.02. The molecule has 1 unspecified atom stereocenters. The minimum Gasteiger partial charge on any atom is -0.497 e. The van der Waals surface area contributed by atoms with Crippen molar-refractivity contribution >= 4 is 29.9 Å². The Balaban J connectivity index is 1.84. The van der Waals surface area contributed by atoms with Crippen LogP contribution in [0.5, 0.6) is 5.75 Å². The Hall–Kier alpha value is -3.23. The summed E-state index contributed by atoms with van der Waals surface area (Å²) in [6.45, 7) is 2.63. The molecule has 0 bridgehead atoms.